The zero-order valence-corrected chi connectivity index (χ0v) is 12.2. The van der Waals surface area contributed by atoms with Crippen LogP contribution in [-0.2, 0) is 6.54 Å². The van der Waals surface area contributed by atoms with Crippen LogP contribution in [0.2, 0.25) is 0 Å². The summed E-state index contributed by atoms with van der Waals surface area (Å²) in [5.74, 6) is 1.49. The molecule has 2 unspecified atom stereocenters. The maximum absolute atomic E-state index is 4.42. The molecular weight excluding hydrogens is 222 g/mol. The van der Waals surface area contributed by atoms with Gasteiger partial charge in [-0.2, -0.15) is 5.10 Å². The van der Waals surface area contributed by atoms with Crippen LogP contribution in [0, 0.1) is 5.92 Å². The van der Waals surface area contributed by atoms with E-state index in [1.807, 2.05) is 4.68 Å². The van der Waals surface area contributed by atoms with E-state index in [2.05, 4.69) is 50.5 Å². The van der Waals surface area contributed by atoms with Crippen LogP contribution in [0.3, 0.4) is 0 Å². The Morgan fingerprint density at radius 3 is 2.78 bits per heavy atom. The first-order chi connectivity index (χ1) is 8.49. The minimum absolute atomic E-state index is 0.223. The van der Waals surface area contributed by atoms with Crippen LogP contribution in [0.1, 0.15) is 58.4 Å². The van der Waals surface area contributed by atoms with Gasteiger partial charge in [0.1, 0.15) is 0 Å². The predicted molar refractivity (Wildman–Crippen MR) is 75.7 cm³/mol. The molecular formula is C15H27N3. The molecule has 1 N–H and O–H groups in total. The van der Waals surface area contributed by atoms with Crippen molar-refractivity contribution in [3.8, 4) is 0 Å². The van der Waals surface area contributed by atoms with E-state index in [-0.39, 0.29) is 5.54 Å². The van der Waals surface area contributed by atoms with Gasteiger partial charge in [-0.05, 0) is 64.5 Å². The van der Waals surface area contributed by atoms with Crippen LogP contribution >= 0.6 is 0 Å². The average Bonchev–Trinajstić information content (AvgIpc) is 2.93. The molecule has 2 rings (SSSR count). The Balaban J connectivity index is 1.98. The van der Waals surface area contributed by atoms with Crippen LogP contribution in [0.5, 0.6) is 0 Å². The normalized spacial score (nSPS) is 24.7. The smallest absolute Gasteiger partial charge is 0.0524 e. The fourth-order valence-electron chi connectivity index (χ4n) is 2.90. The Bertz CT molecular complexity index is 375. The van der Waals surface area contributed by atoms with Crippen molar-refractivity contribution in [1.82, 2.24) is 15.1 Å². The summed E-state index contributed by atoms with van der Waals surface area (Å²) in [6.45, 7) is 11.0. The fourth-order valence-corrected chi connectivity index (χ4v) is 2.90. The molecule has 0 aliphatic heterocycles. The van der Waals surface area contributed by atoms with E-state index in [1.54, 1.807) is 0 Å². The first-order valence-electron chi connectivity index (χ1n) is 7.27. The lowest BCUT2D eigenvalue weighted by atomic mass is 9.90. The predicted octanol–water partition coefficient (Wildman–Crippen LogP) is 3.17. The summed E-state index contributed by atoms with van der Waals surface area (Å²) >= 11 is 0. The molecule has 0 saturated heterocycles. The highest BCUT2D eigenvalue weighted by Gasteiger charge is 2.30. The van der Waals surface area contributed by atoms with Crippen LogP contribution < -0.4 is 5.32 Å². The second-order valence-electron chi connectivity index (χ2n) is 6.56. The van der Waals surface area contributed by atoms with E-state index in [1.165, 1.54) is 24.8 Å². The third kappa shape index (κ3) is 3.35. The number of hydrogen-bond donors (Lipinski definition) is 1. The SMILES string of the molecule is CCn1cc(C2CCCC2CNC(C)(C)C)cn1. The Hall–Kier alpha value is -0.830. The maximum atomic E-state index is 4.42. The van der Waals surface area contributed by atoms with Crippen molar-refractivity contribution >= 4 is 0 Å². The average molecular weight is 249 g/mol. The number of rotatable bonds is 4. The molecule has 3 nitrogen and oxygen atoms in total. The van der Waals surface area contributed by atoms with E-state index in [0.717, 1.165) is 19.0 Å². The van der Waals surface area contributed by atoms with Gasteiger partial charge in [0.05, 0.1) is 6.20 Å². The number of nitrogens with zero attached hydrogens (tertiary/aromatic N) is 2. The molecule has 0 bridgehead atoms. The molecule has 1 aromatic rings. The molecule has 0 radical (unpaired) electrons. The van der Waals surface area contributed by atoms with E-state index in [4.69, 9.17) is 0 Å². The highest BCUT2D eigenvalue weighted by Crippen LogP contribution is 2.39. The summed E-state index contributed by atoms with van der Waals surface area (Å²) in [5, 5.41) is 8.08. The summed E-state index contributed by atoms with van der Waals surface area (Å²) in [6.07, 6.45) is 8.35. The lowest BCUT2D eigenvalue weighted by molar-refractivity contribution is 0.356. The maximum Gasteiger partial charge on any atom is 0.0524 e. The summed E-state index contributed by atoms with van der Waals surface area (Å²) in [4.78, 5) is 0. The van der Waals surface area contributed by atoms with Gasteiger partial charge in [-0.1, -0.05) is 6.42 Å². The van der Waals surface area contributed by atoms with Gasteiger partial charge < -0.3 is 5.32 Å². The third-order valence-corrected chi connectivity index (χ3v) is 3.96. The molecule has 0 spiro atoms. The molecule has 0 aromatic carbocycles. The zero-order valence-electron chi connectivity index (χ0n) is 12.2. The lowest BCUT2D eigenvalue weighted by Gasteiger charge is -2.26. The molecule has 1 aliphatic rings. The summed E-state index contributed by atoms with van der Waals surface area (Å²) in [5.41, 5.74) is 1.66. The van der Waals surface area contributed by atoms with E-state index in [0.29, 0.717) is 5.92 Å². The van der Waals surface area contributed by atoms with Gasteiger partial charge in [0.25, 0.3) is 0 Å². The lowest BCUT2D eigenvalue weighted by Crippen LogP contribution is -2.39. The molecule has 1 aromatic heterocycles. The molecule has 1 aliphatic carbocycles. The van der Waals surface area contributed by atoms with Crippen molar-refractivity contribution in [2.45, 2.75) is 65.0 Å². The van der Waals surface area contributed by atoms with Gasteiger partial charge >= 0.3 is 0 Å². The van der Waals surface area contributed by atoms with Crippen molar-refractivity contribution in [2.24, 2.45) is 5.92 Å². The van der Waals surface area contributed by atoms with Crippen LogP contribution in [0.25, 0.3) is 0 Å². The topological polar surface area (TPSA) is 29.9 Å². The third-order valence-electron chi connectivity index (χ3n) is 3.96. The number of hydrogen-bond acceptors (Lipinski definition) is 2. The second-order valence-corrected chi connectivity index (χ2v) is 6.56. The second kappa shape index (κ2) is 5.43. The first kappa shape index (κ1) is 13.6. The van der Waals surface area contributed by atoms with Crippen molar-refractivity contribution in [2.75, 3.05) is 6.54 Å². The Morgan fingerprint density at radius 1 is 1.39 bits per heavy atom. The fraction of sp³-hybridized carbons (Fsp3) is 0.800. The van der Waals surface area contributed by atoms with E-state index in [9.17, 15) is 0 Å². The monoisotopic (exact) mass is 249 g/mol. The van der Waals surface area contributed by atoms with Crippen LogP contribution in [-0.4, -0.2) is 21.9 Å². The Labute approximate surface area is 111 Å². The van der Waals surface area contributed by atoms with E-state index < -0.39 is 0 Å². The molecule has 3 heteroatoms. The standard InChI is InChI=1S/C15H27N3/c1-5-18-11-13(10-17-18)14-8-6-7-12(14)9-16-15(2,3)4/h10-12,14,16H,5-9H2,1-4H3. The molecule has 0 amide bonds. The molecule has 1 saturated carbocycles. The minimum atomic E-state index is 0.223. The van der Waals surface area contributed by atoms with Gasteiger partial charge in [-0.3, -0.25) is 4.68 Å². The van der Waals surface area contributed by atoms with Crippen molar-refractivity contribution in [3.05, 3.63) is 18.0 Å². The van der Waals surface area contributed by atoms with Gasteiger partial charge in [-0.15, -0.1) is 0 Å². The Kier molecular flexibility index (Phi) is 4.10. The summed E-state index contributed by atoms with van der Waals surface area (Å²) in [7, 11) is 0. The molecule has 102 valence electrons. The van der Waals surface area contributed by atoms with Gasteiger partial charge in [0.15, 0.2) is 0 Å². The zero-order chi connectivity index (χ0) is 13.2. The number of aromatic nitrogens is 2. The number of aryl methyl sites for hydroxylation is 1. The summed E-state index contributed by atoms with van der Waals surface area (Å²) in [6, 6.07) is 0. The quantitative estimate of drug-likeness (QED) is 0.888. The summed E-state index contributed by atoms with van der Waals surface area (Å²) < 4.78 is 2.04. The van der Waals surface area contributed by atoms with Crippen LogP contribution in [0.15, 0.2) is 12.4 Å². The van der Waals surface area contributed by atoms with Crippen LogP contribution in [0.4, 0.5) is 0 Å². The highest BCUT2D eigenvalue weighted by molar-refractivity contribution is 5.14. The highest BCUT2D eigenvalue weighted by atomic mass is 15.3. The Morgan fingerprint density at radius 2 is 2.17 bits per heavy atom. The largest absolute Gasteiger partial charge is 0.312 e. The van der Waals surface area contributed by atoms with Gasteiger partial charge in [0.2, 0.25) is 0 Å². The molecule has 18 heavy (non-hydrogen) atoms. The van der Waals surface area contributed by atoms with Crippen molar-refractivity contribution < 1.29 is 0 Å². The molecule has 2 atom stereocenters. The van der Waals surface area contributed by atoms with Crippen molar-refractivity contribution in [1.29, 1.82) is 0 Å². The van der Waals surface area contributed by atoms with Crippen molar-refractivity contribution in [3.63, 3.8) is 0 Å². The molecule has 1 heterocycles. The first-order valence-corrected chi connectivity index (χ1v) is 7.27. The van der Waals surface area contributed by atoms with Gasteiger partial charge in [0, 0.05) is 18.3 Å². The minimum Gasteiger partial charge on any atom is -0.312 e. The molecule has 1 fully saturated rings. The number of nitrogens with one attached hydrogen (secondary N) is 1. The van der Waals surface area contributed by atoms with Gasteiger partial charge in [-0.25, -0.2) is 0 Å². The van der Waals surface area contributed by atoms with E-state index >= 15 is 0 Å².